The van der Waals surface area contributed by atoms with Crippen molar-refractivity contribution in [3.63, 3.8) is 0 Å². The molecule has 5 heteroatoms. The Morgan fingerprint density at radius 3 is 2.96 bits per heavy atom. The number of nitrogens with zero attached hydrogens (tertiary/aromatic N) is 2. The van der Waals surface area contributed by atoms with Crippen molar-refractivity contribution in [3.8, 4) is 28.7 Å². The van der Waals surface area contributed by atoms with Gasteiger partial charge in [0, 0.05) is 11.3 Å². The van der Waals surface area contributed by atoms with Gasteiger partial charge in [-0.1, -0.05) is 19.4 Å². The number of hydrogen-bond acceptors (Lipinski definition) is 5. The van der Waals surface area contributed by atoms with E-state index in [1.165, 1.54) is 0 Å². The average Bonchev–Trinajstić information content (AvgIpc) is 3.07. The van der Waals surface area contributed by atoms with Gasteiger partial charge in [0.1, 0.15) is 17.5 Å². The molecule has 4 rings (SSSR count). The normalized spacial score (nSPS) is 18.1. The van der Waals surface area contributed by atoms with Crippen molar-refractivity contribution >= 4 is 5.82 Å². The van der Waals surface area contributed by atoms with Crippen LogP contribution in [0.15, 0.2) is 18.2 Å². The van der Waals surface area contributed by atoms with E-state index in [1.54, 1.807) is 0 Å². The van der Waals surface area contributed by atoms with E-state index in [9.17, 15) is 5.26 Å². The van der Waals surface area contributed by atoms with Crippen molar-refractivity contribution in [3.05, 3.63) is 35.0 Å². The molecule has 1 unspecified atom stereocenters. The molecular formula is C19H19N3O2. The zero-order chi connectivity index (χ0) is 16.7. The molecule has 1 aliphatic heterocycles. The van der Waals surface area contributed by atoms with Crippen molar-refractivity contribution in [2.75, 3.05) is 12.5 Å². The first-order valence-corrected chi connectivity index (χ1v) is 8.32. The maximum absolute atomic E-state index is 9.65. The minimum absolute atomic E-state index is 0.235. The Morgan fingerprint density at radius 2 is 2.17 bits per heavy atom. The number of nitrogen functional groups attached to an aromatic ring is 1. The summed E-state index contributed by atoms with van der Waals surface area (Å²) in [5, 5.41) is 9.65. The molecule has 1 atom stereocenters. The molecule has 0 fully saturated rings. The van der Waals surface area contributed by atoms with Gasteiger partial charge >= 0.3 is 0 Å². The van der Waals surface area contributed by atoms with Crippen LogP contribution in [0.4, 0.5) is 5.82 Å². The van der Waals surface area contributed by atoms with Crippen LogP contribution in [-0.4, -0.2) is 11.8 Å². The summed E-state index contributed by atoms with van der Waals surface area (Å²) >= 11 is 0. The smallest absolute Gasteiger partial charge is 0.231 e. The molecule has 2 heterocycles. The molecular weight excluding hydrogens is 302 g/mol. The number of fused-ring (bicyclic) bond motifs is 2. The molecule has 122 valence electrons. The van der Waals surface area contributed by atoms with Gasteiger partial charge in [-0.05, 0) is 48.4 Å². The van der Waals surface area contributed by atoms with Crippen molar-refractivity contribution in [1.82, 2.24) is 4.98 Å². The maximum Gasteiger partial charge on any atom is 0.231 e. The highest BCUT2D eigenvalue weighted by atomic mass is 16.7. The Balaban J connectivity index is 1.93. The summed E-state index contributed by atoms with van der Waals surface area (Å²) in [6, 6.07) is 8.05. The number of aryl methyl sites for hydroxylation is 1. The number of nitriles is 1. The van der Waals surface area contributed by atoms with Gasteiger partial charge in [-0.2, -0.15) is 5.26 Å². The Labute approximate surface area is 141 Å². The Kier molecular flexibility index (Phi) is 3.53. The third-order valence-electron chi connectivity index (χ3n) is 5.04. The second kappa shape index (κ2) is 5.72. The van der Waals surface area contributed by atoms with Gasteiger partial charge < -0.3 is 15.2 Å². The van der Waals surface area contributed by atoms with E-state index in [2.05, 4.69) is 18.0 Å². The molecule has 2 aromatic rings. The van der Waals surface area contributed by atoms with Crippen LogP contribution in [0, 0.1) is 17.2 Å². The van der Waals surface area contributed by atoms with Gasteiger partial charge in [-0.3, -0.25) is 0 Å². The van der Waals surface area contributed by atoms with Crippen LogP contribution in [0.2, 0.25) is 0 Å². The number of rotatable bonds is 2. The largest absolute Gasteiger partial charge is 0.454 e. The fraction of sp³-hybridized carbons (Fsp3) is 0.368. The number of anilines is 1. The lowest BCUT2D eigenvalue weighted by Crippen LogP contribution is -2.18. The van der Waals surface area contributed by atoms with Crippen LogP contribution < -0.4 is 15.2 Å². The summed E-state index contributed by atoms with van der Waals surface area (Å²) in [5.41, 5.74) is 10.6. The zero-order valence-corrected chi connectivity index (χ0v) is 13.6. The van der Waals surface area contributed by atoms with E-state index in [1.807, 2.05) is 18.2 Å². The number of hydrogen-bond donors (Lipinski definition) is 1. The number of pyridine rings is 1. The van der Waals surface area contributed by atoms with Gasteiger partial charge in [0.15, 0.2) is 11.5 Å². The van der Waals surface area contributed by atoms with Crippen LogP contribution in [0.25, 0.3) is 11.1 Å². The molecule has 0 saturated carbocycles. The minimum atomic E-state index is 0.235. The zero-order valence-electron chi connectivity index (χ0n) is 13.6. The number of nitrogens with two attached hydrogens (primary N) is 1. The lowest BCUT2D eigenvalue weighted by Gasteiger charge is -2.26. The molecule has 1 aromatic carbocycles. The van der Waals surface area contributed by atoms with Crippen molar-refractivity contribution < 1.29 is 9.47 Å². The van der Waals surface area contributed by atoms with Crippen molar-refractivity contribution in [1.29, 1.82) is 5.26 Å². The van der Waals surface area contributed by atoms with Crippen LogP contribution >= 0.6 is 0 Å². The van der Waals surface area contributed by atoms with E-state index in [0.717, 1.165) is 53.8 Å². The second-order valence-corrected chi connectivity index (χ2v) is 6.37. The Hall–Kier alpha value is -2.74. The standard InChI is InChI=1S/C19H19N3O2/c1-2-11-3-5-15-13(7-11)18(14(9-20)19(21)22-15)12-4-6-16-17(8-12)24-10-23-16/h4,6,8,11H,2-3,5,7,10H2,1H3,(H2,21,22). The summed E-state index contributed by atoms with van der Waals surface area (Å²) < 4.78 is 10.9. The Bertz CT molecular complexity index is 855. The molecule has 2 N–H and O–H groups in total. The number of aromatic nitrogens is 1. The fourth-order valence-electron chi connectivity index (χ4n) is 3.68. The second-order valence-electron chi connectivity index (χ2n) is 6.37. The molecule has 1 aromatic heterocycles. The van der Waals surface area contributed by atoms with Gasteiger partial charge in [0.25, 0.3) is 0 Å². The van der Waals surface area contributed by atoms with Crippen LogP contribution in [0.3, 0.4) is 0 Å². The predicted molar refractivity (Wildman–Crippen MR) is 90.7 cm³/mol. The first kappa shape index (κ1) is 14.8. The molecule has 0 spiro atoms. The quantitative estimate of drug-likeness (QED) is 0.916. The van der Waals surface area contributed by atoms with Crippen LogP contribution in [0.5, 0.6) is 11.5 Å². The topological polar surface area (TPSA) is 81.2 Å². The van der Waals surface area contributed by atoms with Crippen LogP contribution in [-0.2, 0) is 12.8 Å². The maximum atomic E-state index is 9.65. The third kappa shape index (κ3) is 2.26. The van der Waals surface area contributed by atoms with Gasteiger partial charge in [-0.25, -0.2) is 4.98 Å². The van der Waals surface area contributed by atoms with Crippen LogP contribution in [0.1, 0.15) is 36.6 Å². The fourth-order valence-corrected chi connectivity index (χ4v) is 3.68. The first-order chi connectivity index (χ1) is 11.7. The molecule has 5 nitrogen and oxygen atoms in total. The molecule has 1 aliphatic carbocycles. The lowest BCUT2D eigenvalue weighted by molar-refractivity contribution is 0.174. The van der Waals surface area contributed by atoms with E-state index in [0.29, 0.717) is 23.0 Å². The van der Waals surface area contributed by atoms with Crippen molar-refractivity contribution in [2.45, 2.75) is 32.6 Å². The highest BCUT2D eigenvalue weighted by Crippen LogP contribution is 2.41. The molecule has 0 amide bonds. The van der Waals surface area contributed by atoms with E-state index in [4.69, 9.17) is 15.2 Å². The predicted octanol–water partition coefficient (Wildman–Crippen LogP) is 3.45. The molecule has 0 bridgehead atoms. The Morgan fingerprint density at radius 1 is 1.33 bits per heavy atom. The monoisotopic (exact) mass is 321 g/mol. The van der Waals surface area contributed by atoms with Gasteiger partial charge in [0.2, 0.25) is 6.79 Å². The van der Waals surface area contributed by atoms with E-state index in [-0.39, 0.29) is 6.79 Å². The summed E-state index contributed by atoms with van der Waals surface area (Å²) in [6.45, 7) is 2.45. The van der Waals surface area contributed by atoms with E-state index < -0.39 is 0 Å². The SMILES string of the molecule is CCC1CCc2nc(N)c(C#N)c(-c3ccc4c(c3)OCO4)c2C1. The summed E-state index contributed by atoms with van der Waals surface area (Å²) in [4.78, 5) is 4.51. The van der Waals surface area contributed by atoms with Gasteiger partial charge in [0.05, 0.1) is 0 Å². The molecule has 0 saturated heterocycles. The first-order valence-electron chi connectivity index (χ1n) is 8.32. The summed E-state index contributed by atoms with van der Waals surface area (Å²) in [6.07, 6.45) is 4.12. The highest BCUT2D eigenvalue weighted by Gasteiger charge is 2.26. The lowest BCUT2D eigenvalue weighted by atomic mass is 9.80. The number of ether oxygens (including phenoxy) is 2. The molecule has 0 radical (unpaired) electrons. The van der Waals surface area contributed by atoms with E-state index >= 15 is 0 Å². The summed E-state index contributed by atoms with van der Waals surface area (Å²) in [5.74, 6) is 2.39. The number of benzene rings is 1. The minimum Gasteiger partial charge on any atom is -0.454 e. The molecule has 2 aliphatic rings. The van der Waals surface area contributed by atoms with Gasteiger partial charge in [-0.15, -0.1) is 0 Å². The highest BCUT2D eigenvalue weighted by molar-refractivity contribution is 5.80. The summed E-state index contributed by atoms with van der Waals surface area (Å²) in [7, 11) is 0. The third-order valence-corrected chi connectivity index (χ3v) is 5.04. The van der Waals surface area contributed by atoms with Crippen molar-refractivity contribution in [2.24, 2.45) is 5.92 Å². The average molecular weight is 321 g/mol. The molecule has 24 heavy (non-hydrogen) atoms.